The van der Waals surface area contributed by atoms with Crippen molar-refractivity contribution in [3.8, 4) is 17.0 Å². The van der Waals surface area contributed by atoms with Crippen molar-refractivity contribution in [2.45, 2.75) is 12.5 Å². The summed E-state index contributed by atoms with van der Waals surface area (Å²) in [5.41, 5.74) is 5.27. The fourth-order valence-corrected chi connectivity index (χ4v) is 4.51. The molecule has 4 aromatic rings. The summed E-state index contributed by atoms with van der Waals surface area (Å²) in [5, 5.41) is 8.16. The number of fused-ring (bicyclic) bond motifs is 1. The van der Waals surface area contributed by atoms with Gasteiger partial charge in [-0.05, 0) is 53.9 Å². The van der Waals surface area contributed by atoms with Crippen LogP contribution in [-0.4, -0.2) is 34.7 Å². The minimum absolute atomic E-state index is 0.0480. The Morgan fingerprint density at radius 1 is 1.03 bits per heavy atom. The second kappa shape index (κ2) is 8.52. The van der Waals surface area contributed by atoms with Crippen molar-refractivity contribution in [1.29, 1.82) is 0 Å². The summed E-state index contributed by atoms with van der Waals surface area (Å²) in [6.07, 6.45) is 0.763. The topological polar surface area (TPSA) is 58.2 Å². The van der Waals surface area contributed by atoms with Crippen LogP contribution in [-0.2, 0) is 6.42 Å². The van der Waals surface area contributed by atoms with E-state index in [1.165, 1.54) is 5.56 Å². The van der Waals surface area contributed by atoms with Crippen LogP contribution in [0.15, 0.2) is 78.9 Å². The molecule has 0 fully saturated rings. The van der Waals surface area contributed by atoms with Gasteiger partial charge >= 0.3 is 0 Å². The van der Waals surface area contributed by atoms with Gasteiger partial charge in [-0.2, -0.15) is 5.10 Å². The van der Waals surface area contributed by atoms with E-state index in [9.17, 15) is 4.79 Å². The van der Waals surface area contributed by atoms with E-state index in [1.807, 2.05) is 71.6 Å². The van der Waals surface area contributed by atoms with E-state index in [0.29, 0.717) is 17.3 Å². The fourth-order valence-electron chi connectivity index (χ4n) is 4.31. The molecule has 5 nitrogen and oxygen atoms in total. The van der Waals surface area contributed by atoms with Gasteiger partial charge in [0.15, 0.2) is 0 Å². The molecule has 1 N–H and O–H groups in total. The van der Waals surface area contributed by atoms with Crippen LogP contribution in [0.5, 0.6) is 5.75 Å². The van der Waals surface area contributed by atoms with E-state index in [4.69, 9.17) is 16.3 Å². The van der Waals surface area contributed by atoms with E-state index in [2.05, 4.69) is 22.3 Å². The van der Waals surface area contributed by atoms with Crippen molar-refractivity contribution in [1.82, 2.24) is 15.1 Å². The number of benzene rings is 3. The molecule has 0 saturated heterocycles. The first-order valence-corrected chi connectivity index (χ1v) is 10.9. The first-order valence-electron chi connectivity index (χ1n) is 10.5. The van der Waals surface area contributed by atoms with Crippen LogP contribution in [0.3, 0.4) is 0 Å². The Labute approximate surface area is 191 Å². The number of aromatic amines is 1. The first-order chi connectivity index (χ1) is 15.7. The summed E-state index contributed by atoms with van der Waals surface area (Å²) < 4.78 is 5.29. The zero-order chi connectivity index (χ0) is 22.1. The van der Waals surface area contributed by atoms with E-state index < -0.39 is 0 Å². The Kier molecular flexibility index (Phi) is 5.41. The molecular formula is C26H22ClN3O2. The summed E-state index contributed by atoms with van der Waals surface area (Å²) in [7, 11) is 1.64. The minimum Gasteiger partial charge on any atom is -0.497 e. The van der Waals surface area contributed by atoms with Crippen molar-refractivity contribution in [3.63, 3.8) is 0 Å². The maximum absolute atomic E-state index is 13.4. The third kappa shape index (κ3) is 3.65. The molecule has 0 saturated carbocycles. The summed E-state index contributed by atoms with van der Waals surface area (Å²) in [6.45, 7) is 0.588. The lowest BCUT2D eigenvalue weighted by molar-refractivity contribution is 0.0746. The molecule has 1 unspecified atom stereocenters. The van der Waals surface area contributed by atoms with Crippen molar-refractivity contribution in [2.75, 3.05) is 13.7 Å². The molecule has 0 aliphatic carbocycles. The summed E-state index contributed by atoms with van der Waals surface area (Å²) in [5.74, 6) is 0.723. The number of nitrogens with zero attached hydrogens (tertiary/aromatic N) is 2. The van der Waals surface area contributed by atoms with Crippen LogP contribution in [0.25, 0.3) is 11.3 Å². The lowest BCUT2D eigenvalue weighted by Crippen LogP contribution is -2.31. The van der Waals surface area contributed by atoms with Crippen LogP contribution in [0.4, 0.5) is 0 Å². The van der Waals surface area contributed by atoms with Gasteiger partial charge in [0.25, 0.3) is 5.91 Å². The van der Waals surface area contributed by atoms with E-state index in [0.717, 1.165) is 34.6 Å². The number of carbonyl (C=O) groups excluding carboxylic acids is 1. The Morgan fingerprint density at radius 2 is 1.81 bits per heavy atom. The molecule has 1 atom stereocenters. The molecule has 1 aliphatic rings. The van der Waals surface area contributed by atoms with E-state index in [-0.39, 0.29) is 11.9 Å². The highest BCUT2D eigenvalue weighted by Gasteiger charge is 2.41. The third-order valence-electron chi connectivity index (χ3n) is 5.88. The molecule has 160 valence electrons. The molecule has 1 amide bonds. The molecule has 6 heteroatoms. The second-order valence-electron chi connectivity index (χ2n) is 7.78. The zero-order valence-electron chi connectivity index (χ0n) is 17.6. The average molecular weight is 444 g/mol. The molecule has 2 heterocycles. The van der Waals surface area contributed by atoms with Gasteiger partial charge in [-0.3, -0.25) is 9.89 Å². The fraction of sp³-hybridized carbons (Fsp3) is 0.154. The van der Waals surface area contributed by atoms with Gasteiger partial charge in [-0.15, -0.1) is 0 Å². The Morgan fingerprint density at radius 3 is 2.53 bits per heavy atom. The van der Waals surface area contributed by atoms with E-state index in [1.54, 1.807) is 7.11 Å². The van der Waals surface area contributed by atoms with Gasteiger partial charge < -0.3 is 9.64 Å². The van der Waals surface area contributed by atoms with Gasteiger partial charge in [-0.25, -0.2) is 0 Å². The number of hydrogen-bond acceptors (Lipinski definition) is 3. The number of methoxy groups -OCH3 is 1. The van der Waals surface area contributed by atoms with Crippen molar-refractivity contribution < 1.29 is 9.53 Å². The van der Waals surface area contributed by atoms with Crippen LogP contribution in [0.1, 0.15) is 33.2 Å². The highest BCUT2D eigenvalue weighted by Crippen LogP contribution is 2.43. The van der Waals surface area contributed by atoms with Gasteiger partial charge in [0.05, 0.1) is 18.8 Å². The number of carbonyl (C=O) groups is 1. The molecule has 1 aromatic heterocycles. The molecular weight excluding hydrogens is 422 g/mol. The molecule has 1 aliphatic heterocycles. The molecule has 3 aromatic carbocycles. The first kappa shape index (κ1) is 20.3. The van der Waals surface area contributed by atoms with E-state index >= 15 is 0 Å². The van der Waals surface area contributed by atoms with Crippen LogP contribution in [0.2, 0.25) is 5.02 Å². The van der Waals surface area contributed by atoms with Gasteiger partial charge in [-0.1, -0.05) is 54.1 Å². The number of aromatic nitrogens is 2. The van der Waals surface area contributed by atoms with Crippen molar-refractivity contribution in [3.05, 3.63) is 106 Å². The SMILES string of the molecule is COc1ccc(-c2n[nH]c3c2C(c2cccc(Cl)c2)N(CCc2ccccc2)C3=O)cc1. The van der Waals surface area contributed by atoms with Gasteiger partial charge in [0.2, 0.25) is 0 Å². The summed E-state index contributed by atoms with van der Waals surface area (Å²) >= 11 is 6.33. The monoisotopic (exact) mass is 443 g/mol. The zero-order valence-corrected chi connectivity index (χ0v) is 18.3. The largest absolute Gasteiger partial charge is 0.497 e. The highest BCUT2D eigenvalue weighted by molar-refractivity contribution is 6.30. The number of nitrogens with one attached hydrogen (secondary N) is 1. The number of rotatable bonds is 6. The maximum Gasteiger partial charge on any atom is 0.273 e. The van der Waals surface area contributed by atoms with Crippen molar-refractivity contribution >= 4 is 17.5 Å². The van der Waals surface area contributed by atoms with Crippen molar-refractivity contribution in [2.24, 2.45) is 0 Å². The predicted octanol–water partition coefficient (Wildman–Crippen LogP) is 5.53. The van der Waals surface area contributed by atoms with Crippen LogP contribution < -0.4 is 4.74 Å². The number of halogens is 1. The summed E-state index contributed by atoms with van der Waals surface area (Å²) in [4.78, 5) is 15.3. The number of amides is 1. The number of ether oxygens (including phenoxy) is 1. The molecule has 0 spiro atoms. The Bertz CT molecular complexity index is 1250. The molecule has 0 bridgehead atoms. The molecule has 5 rings (SSSR count). The number of hydrogen-bond donors (Lipinski definition) is 1. The third-order valence-corrected chi connectivity index (χ3v) is 6.11. The second-order valence-corrected chi connectivity index (χ2v) is 8.22. The molecule has 32 heavy (non-hydrogen) atoms. The van der Waals surface area contributed by atoms with Crippen LogP contribution >= 0.6 is 11.6 Å². The minimum atomic E-state index is -0.268. The normalized spacial score (nSPS) is 15.1. The molecule has 0 radical (unpaired) electrons. The lowest BCUT2D eigenvalue weighted by Gasteiger charge is -2.26. The maximum atomic E-state index is 13.4. The quantitative estimate of drug-likeness (QED) is 0.426. The lowest BCUT2D eigenvalue weighted by atomic mass is 9.96. The Balaban J connectivity index is 1.57. The highest BCUT2D eigenvalue weighted by atomic mass is 35.5. The van der Waals surface area contributed by atoms with Gasteiger partial charge in [0.1, 0.15) is 11.4 Å². The predicted molar refractivity (Wildman–Crippen MR) is 125 cm³/mol. The Hall–Kier alpha value is -3.57. The summed E-state index contributed by atoms with van der Waals surface area (Å²) in [6, 6.07) is 25.3. The van der Waals surface area contributed by atoms with Crippen LogP contribution in [0, 0.1) is 0 Å². The van der Waals surface area contributed by atoms with Gasteiger partial charge in [0, 0.05) is 22.7 Å². The smallest absolute Gasteiger partial charge is 0.273 e. The number of H-pyrrole nitrogens is 1. The standard InChI is InChI=1S/C26H22ClN3O2/c1-32-21-12-10-18(11-13-21)23-22-24(29-28-23)26(31)30(15-14-17-6-3-2-4-7-17)25(22)19-8-5-9-20(27)16-19/h2-13,16,25H,14-15H2,1H3,(H,28,29). The average Bonchev–Trinajstić information content (AvgIpc) is 3.37.